The Bertz CT molecular complexity index is 927. The van der Waals surface area contributed by atoms with E-state index < -0.39 is 5.60 Å². The minimum atomic E-state index is -0.897. The minimum absolute atomic E-state index is 0.0175. The SMILES string of the molecule is Cc1cc(C2=CNC3C(=NCC(C)(C)O)C=C(Cl)NN23)ccc1C(=O)NC1CC1. The topological polar surface area (TPSA) is 89.0 Å². The van der Waals surface area contributed by atoms with Crippen molar-refractivity contribution in [2.24, 2.45) is 4.99 Å². The van der Waals surface area contributed by atoms with Gasteiger partial charge in [-0.15, -0.1) is 0 Å². The second-order valence-electron chi connectivity index (χ2n) is 8.40. The number of rotatable bonds is 5. The number of hydrazine groups is 1. The van der Waals surface area contributed by atoms with Gasteiger partial charge in [-0.05, 0) is 57.4 Å². The third-order valence-corrected chi connectivity index (χ3v) is 5.20. The molecule has 7 nitrogen and oxygen atoms in total. The van der Waals surface area contributed by atoms with Gasteiger partial charge in [-0.1, -0.05) is 17.7 Å². The number of halogens is 1. The van der Waals surface area contributed by atoms with Gasteiger partial charge in [-0.3, -0.25) is 20.2 Å². The first-order chi connectivity index (χ1) is 13.7. The van der Waals surface area contributed by atoms with Crippen LogP contribution in [0.15, 0.2) is 40.6 Å². The van der Waals surface area contributed by atoms with E-state index in [9.17, 15) is 9.90 Å². The van der Waals surface area contributed by atoms with E-state index >= 15 is 0 Å². The number of fused-ring (bicyclic) bond motifs is 1. The molecule has 3 aliphatic rings. The molecule has 0 saturated heterocycles. The monoisotopic (exact) mass is 415 g/mol. The summed E-state index contributed by atoms with van der Waals surface area (Å²) in [7, 11) is 0. The van der Waals surface area contributed by atoms with Crippen LogP contribution in [0.1, 0.15) is 48.2 Å². The highest BCUT2D eigenvalue weighted by molar-refractivity contribution is 6.31. The molecule has 1 unspecified atom stereocenters. The van der Waals surface area contributed by atoms with Crippen LogP contribution in [0.5, 0.6) is 0 Å². The Hall–Kier alpha value is -2.51. The van der Waals surface area contributed by atoms with Crippen molar-refractivity contribution in [2.75, 3.05) is 6.54 Å². The maximum absolute atomic E-state index is 12.4. The van der Waals surface area contributed by atoms with Crippen molar-refractivity contribution >= 4 is 28.9 Å². The summed E-state index contributed by atoms with van der Waals surface area (Å²) in [5.74, 6) is -0.0175. The quantitative estimate of drug-likeness (QED) is 0.554. The standard InChI is InChI=1S/C21H26ClN5O2/c1-12-8-13(4-7-15(12)20(28)25-14-5-6-14)17-10-23-19-16(24-11-21(2,3)29)9-18(22)26-27(17)19/h4,7-10,14,19,23,26,29H,5-6,11H2,1-3H3,(H,25,28). The third kappa shape index (κ3) is 4.41. The first-order valence-corrected chi connectivity index (χ1v) is 10.2. The van der Waals surface area contributed by atoms with Gasteiger partial charge in [0.25, 0.3) is 5.91 Å². The summed E-state index contributed by atoms with van der Waals surface area (Å²) in [6, 6.07) is 6.13. The van der Waals surface area contributed by atoms with Crippen LogP contribution in [0.2, 0.25) is 0 Å². The van der Waals surface area contributed by atoms with Crippen LogP contribution in [-0.4, -0.2) is 46.1 Å². The number of benzene rings is 1. The highest BCUT2D eigenvalue weighted by Crippen LogP contribution is 2.29. The number of amides is 1. The van der Waals surface area contributed by atoms with Gasteiger partial charge in [-0.25, -0.2) is 0 Å². The average molecular weight is 416 g/mol. The molecule has 1 saturated carbocycles. The zero-order valence-electron chi connectivity index (χ0n) is 16.8. The highest BCUT2D eigenvalue weighted by Gasteiger charge is 2.34. The zero-order chi connectivity index (χ0) is 20.8. The third-order valence-electron chi connectivity index (χ3n) is 5.01. The molecule has 1 amide bonds. The Morgan fingerprint density at radius 3 is 2.83 bits per heavy atom. The molecule has 4 N–H and O–H groups in total. The van der Waals surface area contributed by atoms with E-state index in [1.54, 1.807) is 19.9 Å². The van der Waals surface area contributed by atoms with Gasteiger partial charge in [0.2, 0.25) is 0 Å². The lowest BCUT2D eigenvalue weighted by molar-refractivity contribution is 0.0901. The van der Waals surface area contributed by atoms with Gasteiger partial charge < -0.3 is 15.7 Å². The Morgan fingerprint density at radius 2 is 2.17 bits per heavy atom. The molecule has 1 fully saturated rings. The molecule has 0 aromatic heterocycles. The first-order valence-electron chi connectivity index (χ1n) is 9.79. The molecule has 8 heteroatoms. The van der Waals surface area contributed by atoms with Crippen molar-refractivity contribution in [2.45, 2.75) is 51.4 Å². The Kier molecular flexibility index (Phi) is 5.04. The van der Waals surface area contributed by atoms with Crippen molar-refractivity contribution in [3.05, 3.63) is 52.3 Å². The fourth-order valence-corrected chi connectivity index (χ4v) is 3.55. The number of carbonyl (C=O) groups excluding carboxylic acids is 1. The molecular weight excluding hydrogens is 390 g/mol. The van der Waals surface area contributed by atoms with Crippen LogP contribution in [0.25, 0.3) is 5.70 Å². The number of aliphatic hydroxyl groups is 1. The second kappa shape index (κ2) is 7.39. The van der Waals surface area contributed by atoms with Crippen molar-refractivity contribution < 1.29 is 9.90 Å². The summed E-state index contributed by atoms with van der Waals surface area (Å²) < 4.78 is 0. The van der Waals surface area contributed by atoms with Crippen LogP contribution < -0.4 is 16.1 Å². The lowest BCUT2D eigenvalue weighted by Crippen LogP contribution is -2.52. The lowest BCUT2D eigenvalue weighted by atomic mass is 10.0. The molecule has 2 heterocycles. The highest BCUT2D eigenvalue weighted by atomic mass is 35.5. The van der Waals surface area contributed by atoms with Gasteiger partial charge in [0.1, 0.15) is 5.16 Å². The number of hydrogen-bond donors (Lipinski definition) is 4. The number of nitrogens with one attached hydrogen (secondary N) is 3. The Balaban J connectivity index is 1.55. The van der Waals surface area contributed by atoms with Crippen molar-refractivity contribution in [3.63, 3.8) is 0 Å². The molecule has 154 valence electrons. The van der Waals surface area contributed by atoms with Gasteiger partial charge in [0, 0.05) is 23.4 Å². The largest absolute Gasteiger partial charge is 0.389 e. The normalized spacial score (nSPS) is 22.4. The number of hydrogen-bond acceptors (Lipinski definition) is 6. The van der Waals surface area contributed by atoms with Crippen LogP contribution >= 0.6 is 11.6 Å². The molecule has 1 atom stereocenters. The average Bonchev–Trinajstić information content (AvgIpc) is 3.35. The molecule has 29 heavy (non-hydrogen) atoms. The van der Waals surface area contributed by atoms with Crippen LogP contribution in [0.3, 0.4) is 0 Å². The summed E-state index contributed by atoms with van der Waals surface area (Å²) in [4.78, 5) is 16.9. The van der Waals surface area contributed by atoms with E-state index in [1.807, 2.05) is 36.3 Å². The predicted molar refractivity (Wildman–Crippen MR) is 114 cm³/mol. The fourth-order valence-electron chi connectivity index (χ4n) is 3.35. The van der Waals surface area contributed by atoms with E-state index in [0.29, 0.717) is 16.8 Å². The van der Waals surface area contributed by atoms with E-state index in [-0.39, 0.29) is 18.6 Å². The molecular formula is C21H26ClN5O2. The lowest BCUT2D eigenvalue weighted by Gasteiger charge is -2.34. The maximum Gasteiger partial charge on any atom is 0.251 e. The smallest absolute Gasteiger partial charge is 0.251 e. The summed E-state index contributed by atoms with van der Waals surface area (Å²) in [5, 5.41) is 18.7. The second-order valence-corrected chi connectivity index (χ2v) is 8.81. The summed E-state index contributed by atoms with van der Waals surface area (Å²) in [6.45, 7) is 5.65. The van der Waals surface area contributed by atoms with Crippen molar-refractivity contribution in [1.29, 1.82) is 0 Å². The maximum atomic E-state index is 12.4. The van der Waals surface area contributed by atoms with Crippen LogP contribution in [-0.2, 0) is 0 Å². The van der Waals surface area contributed by atoms with E-state index in [0.717, 1.165) is 35.4 Å². The van der Waals surface area contributed by atoms with Gasteiger partial charge >= 0.3 is 0 Å². The zero-order valence-corrected chi connectivity index (χ0v) is 17.5. The Morgan fingerprint density at radius 1 is 1.41 bits per heavy atom. The predicted octanol–water partition coefficient (Wildman–Crippen LogP) is 2.23. The van der Waals surface area contributed by atoms with Gasteiger partial charge in [0.15, 0.2) is 6.17 Å². The van der Waals surface area contributed by atoms with E-state index in [4.69, 9.17) is 11.6 Å². The molecule has 1 aromatic carbocycles. The van der Waals surface area contributed by atoms with Gasteiger partial charge in [-0.2, -0.15) is 0 Å². The van der Waals surface area contributed by atoms with E-state index in [1.165, 1.54) is 0 Å². The summed E-state index contributed by atoms with van der Waals surface area (Å²) >= 11 is 6.29. The first kappa shape index (κ1) is 19.8. The summed E-state index contributed by atoms with van der Waals surface area (Å²) in [6.07, 6.45) is 5.56. The number of aliphatic imine (C=N–C) groups is 1. The molecule has 0 radical (unpaired) electrons. The van der Waals surface area contributed by atoms with Crippen molar-refractivity contribution in [3.8, 4) is 0 Å². The molecule has 1 aromatic rings. The molecule has 0 spiro atoms. The molecule has 2 aliphatic heterocycles. The van der Waals surface area contributed by atoms with E-state index in [2.05, 4.69) is 21.1 Å². The van der Waals surface area contributed by atoms with Crippen LogP contribution in [0.4, 0.5) is 0 Å². The molecule has 0 bridgehead atoms. The van der Waals surface area contributed by atoms with Crippen LogP contribution in [0, 0.1) is 6.92 Å². The number of aryl methyl sites for hydroxylation is 1. The summed E-state index contributed by atoms with van der Waals surface area (Å²) in [5.41, 5.74) is 6.46. The minimum Gasteiger partial charge on any atom is -0.389 e. The van der Waals surface area contributed by atoms with Gasteiger partial charge in [0.05, 0.1) is 23.6 Å². The fraction of sp³-hybridized carbons (Fsp3) is 0.429. The molecule has 4 rings (SSSR count). The Labute approximate surface area is 175 Å². The van der Waals surface area contributed by atoms with Crippen molar-refractivity contribution in [1.82, 2.24) is 21.1 Å². The number of carbonyl (C=O) groups is 1. The number of nitrogens with zero attached hydrogens (tertiary/aromatic N) is 2. The molecule has 1 aliphatic carbocycles.